The first-order valence-corrected chi connectivity index (χ1v) is 9.06. The van der Waals surface area contributed by atoms with E-state index in [-0.39, 0.29) is 11.7 Å². The van der Waals surface area contributed by atoms with Crippen LogP contribution in [0.3, 0.4) is 0 Å². The number of fused-ring (bicyclic) bond motifs is 1. The number of nitrogens with zero attached hydrogens (tertiary/aromatic N) is 6. The van der Waals surface area contributed by atoms with E-state index in [9.17, 15) is 10.1 Å². The number of benzene rings is 1. The van der Waals surface area contributed by atoms with Crippen LogP contribution in [0.2, 0.25) is 0 Å². The number of aryl methyl sites for hydroxylation is 1. The van der Waals surface area contributed by atoms with Crippen molar-refractivity contribution in [2.45, 2.75) is 51.1 Å². The van der Waals surface area contributed by atoms with Gasteiger partial charge >= 0.3 is 0 Å². The van der Waals surface area contributed by atoms with Gasteiger partial charge in [0.2, 0.25) is 0 Å². The summed E-state index contributed by atoms with van der Waals surface area (Å²) in [6, 6.07) is 6.65. The second-order valence-corrected chi connectivity index (χ2v) is 6.86. The van der Waals surface area contributed by atoms with Crippen LogP contribution in [0, 0.1) is 21.4 Å². The lowest BCUT2D eigenvalue weighted by Crippen LogP contribution is -2.26. The Morgan fingerprint density at radius 3 is 2.88 bits per heavy atom. The van der Waals surface area contributed by atoms with E-state index >= 15 is 0 Å². The predicted octanol–water partition coefficient (Wildman–Crippen LogP) is 3.13. The molecule has 0 aliphatic carbocycles. The summed E-state index contributed by atoms with van der Waals surface area (Å²) in [5, 5.41) is 29.4. The molecule has 0 bridgehead atoms. The van der Waals surface area contributed by atoms with Crippen LogP contribution in [0.4, 0.5) is 11.4 Å². The first kappa shape index (κ1) is 16.5. The number of hydrogen-bond donors (Lipinski definition) is 0. The molecule has 0 unspecified atom stereocenters. The normalized spacial score (nSPS) is 19.7. The fourth-order valence-electron chi connectivity index (χ4n) is 4.06. The number of nitro benzene ring substituents is 1. The summed E-state index contributed by atoms with van der Waals surface area (Å²) in [5.41, 5.74) is 0.835. The minimum absolute atomic E-state index is 0.0130. The topological polar surface area (TPSA) is 101 Å². The molecule has 0 N–H and O–H groups in total. The zero-order chi connectivity index (χ0) is 18.1. The number of nitro groups is 1. The van der Waals surface area contributed by atoms with E-state index in [0.29, 0.717) is 11.3 Å². The van der Waals surface area contributed by atoms with E-state index in [2.05, 4.69) is 19.7 Å². The van der Waals surface area contributed by atoms with Crippen molar-refractivity contribution in [1.82, 2.24) is 14.8 Å². The summed E-state index contributed by atoms with van der Waals surface area (Å²) in [6.45, 7) is 1.65. The molecule has 1 atom stereocenters. The zero-order valence-electron chi connectivity index (χ0n) is 14.5. The van der Waals surface area contributed by atoms with Crippen molar-refractivity contribution in [3.05, 3.63) is 45.5 Å². The van der Waals surface area contributed by atoms with Crippen LogP contribution in [0.25, 0.3) is 0 Å². The molecule has 1 aromatic heterocycles. The molecule has 0 radical (unpaired) electrons. The minimum Gasteiger partial charge on any atom is -0.356 e. The van der Waals surface area contributed by atoms with Gasteiger partial charge in [-0.1, -0.05) is 6.42 Å². The van der Waals surface area contributed by atoms with Gasteiger partial charge in [0.15, 0.2) is 5.82 Å². The van der Waals surface area contributed by atoms with Gasteiger partial charge in [-0.2, -0.15) is 5.26 Å². The van der Waals surface area contributed by atoms with Crippen molar-refractivity contribution in [3.63, 3.8) is 0 Å². The molecule has 1 fully saturated rings. The number of hydrogen-bond acceptors (Lipinski definition) is 6. The molecular weight excluding hydrogens is 332 g/mol. The summed E-state index contributed by atoms with van der Waals surface area (Å²) in [7, 11) is 0. The Morgan fingerprint density at radius 2 is 2.08 bits per heavy atom. The van der Waals surface area contributed by atoms with Gasteiger partial charge in [0, 0.05) is 25.6 Å². The summed E-state index contributed by atoms with van der Waals surface area (Å²) in [4.78, 5) is 13.2. The van der Waals surface area contributed by atoms with Gasteiger partial charge in [0.1, 0.15) is 11.5 Å². The zero-order valence-corrected chi connectivity index (χ0v) is 14.5. The monoisotopic (exact) mass is 352 g/mol. The highest BCUT2D eigenvalue weighted by molar-refractivity contribution is 5.66. The largest absolute Gasteiger partial charge is 0.356 e. The molecule has 1 aromatic carbocycles. The van der Waals surface area contributed by atoms with Crippen molar-refractivity contribution >= 4 is 11.4 Å². The van der Waals surface area contributed by atoms with Gasteiger partial charge in [0.25, 0.3) is 5.69 Å². The van der Waals surface area contributed by atoms with E-state index in [1.54, 1.807) is 12.1 Å². The predicted molar refractivity (Wildman–Crippen MR) is 94.7 cm³/mol. The van der Waals surface area contributed by atoms with Crippen molar-refractivity contribution in [2.75, 3.05) is 11.4 Å². The minimum atomic E-state index is -0.407. The highest BCUT2D eigenvalue weighted by Crippen LogP contribution is 2.40. The molecule has 134 valence electrons. The van der Waals surface area contributed by atoms with Crippen molar-refractivity contribution in [3.8, 4) is 6.07 Å². The Kier molecular flexibility index (Phi) is 4.29. The van der Waals surface area contributed by atoms with Gasteiger partial charge in [-0.25, -0.2) is 0 Å². The number of nitriles is 1. The van der Waals surface area contributed by atoms with E-state index in [1.807, 2.05) is 6.07 Å². The van der Waals surface area contributed by atoms with Crippen molar-refractivity contribution < 1.29 is 4.92 Å². The highest BCUT2D eigenvalue weighted by atomic mass is 16.6. The third kappa shape index (κ3) is 2.79. The Balaban J connectivity index is 1.74. The van der Waals surface area contributed by atoms with Crippen LogP contribution in [0.5, 0.6) is 0 Å². The fourth-order valence-corrected chi connectivity index (χ4v) is 4.06. The first-order chi connectivity index (χ1) is 12.7. The van der Waals surface area contributed by atoms with Crippen LogP contribution in [-0.2, 0) is 13.0 Å². The smallest absolute Gasteiger partial charge is 0.293 e. The van der Waals surface area contributed by atoms with Crippen molar-refractivity contribution in [2.24, 2.45) is 0 Å². The molecule has 0 saturated carbocycles. The Bertz CT molecular complexity index is 884. The van der Waals surface area contributed by atoms with Gasteiger partial charge < -0.3 is 9.47 Å². The van der Waals surface area contributed by atoms with Crippen molar-refractivity contribution in [1.29, 1.82) is 5.26 Å². The Labute approximate surface area is 151 Å². The molecule has 26 heavy (non-hydrogen) atoms. The maximum atomic E-state index is 11.6. The number of aromatic nitrogens is 3. The lowest BCUT2D eigenvalue weighted by Gasteiger charge is -2.26. The maximum absolute atomic E-state index is 11.6. The van der Waals surface area contributed by atoms with Gasteiger partial charge in [-0.05, 0) is 37.8 Å². The van der Waals surface area contributed by atoms with E-state index in [1.165, 1.54) is 12.5 Å². The van der Waals surface area contributed by atoms with Crippen LogP contribution in [-0.4, -0.2) is 26.2 Å². The average Bonchev–Trinajstić information content (AvgIpc) is 3.21. The average molecular weight is 352 g/mol. The highest BCUT2D eigenvalue weighted by Gasteiger charge is 2.34. The maximum Gasteiger partial charge on any atom is 0.293 e. The molecule has 2 aromatic rings. The van der Waals surface area contributed by atoms with Gasteiger partial charge in [-0.15, -0.1) is 10.2 Å². The molecular formula is C18H20N6O2. The third-order valence-corrected chi connectivity index (χ3v) is 5.30. The van der Waals surface area contributed by atoms with E-state index in [0.717, 1.165) is 56.8 Å². The Hall–Kier alpha value is -2.95. The molecule has 4 rings (SSSR count). The molecule has 1 saturated heterocycles. The third-order valence-electron chi connectivity index (χ3n) is 5.30. The lowest BCUT2D eigenvalue weighted by atomic mass is 10.1. The lowest BCUT2D eigenvalue weighted by molar-refractivity contribution is -0.384. The number of anilines is 1. The standard InChI is InChI=1S/C18H20N6O2/c19-12-13-7-8-14(16(11-13)24(25)26)22-10-4-5-15(22)18-21-20-17-6-2-1-3-9-23(17)18/h7-8,11,15H,1-6,9-10H2/t15-/m0/s1. The second-order valence-electron chi connectivity index (χ2n) is 6.86. The van der Waals surface area contributed by atoms with Crippen LogP contribution < -0.4 is 4.90 Å². The first-order valence-electron chi connectivity index (χ1n) is 9.06. The van der Waals surface area contributed by atoms with Crippen LogP contribution >= 0.6 is 0 Å². The summed E-state index contributed by atoms with van der Waals surface area (Å²) in [5.74, 6) is 1.94. The number of rotatable bonds is 3. The summed E-state index contributed by atoms with van der Waals surface area (Å²) >= 11 is 0. The molecule has 3 heterocycles. The molecule has 8 nitrogen and oxygen atoms in total. The van der Waals surface area contributed by atoms with Gasteiger partial charge in [-0.3, -0.25) is 10.1 Å². The summed E-state index contributed by atoms with van der Waals surface area (Å²) in [6.07, 6.45) is 6.23. The summed E-state index contributed by atoms with van der Waals surface area (Å²) < 4.78 is 2.21. The van der Waals surface area contributed by atoms with E-state index < -0.39 is 4.92 Å². The van der Waals surface area contributed by atoms with E-state index in [4.69, 9.17) is 5.26 Å². The SMILES string of the molecule is N#Cc1ccc(N2CCC[C@H]2c2nnc3n2CCCCC3)c([N+](=O)[O-])c1. The van der Waals surface area contributed by atoms with Crippen LogP contribution in [0.15, 0.2) is 18.2 Å². The van der Waals surface area contributed by atoms with Crippen LogP contribution in [0.1, 0.15) is 55.4 Å². The second kappa shape index (κ2) is 6.75. The molecule has 0 spiro atoms. The van der Waals surface area contributed by atoms with Gasteiger partial charge in [0.05, 0.1) is 22.6 Å². The quantitative estimate of drug-likeness (QED) is 0.621. The molecule has 2 aliphatic rings. The Morgan fingerprint density at radius 1 is 1.19 bits per heavy atom. The molecule has 8 heteroatoms. The fraction of sp³-hybridized carbons (Fsp3) is 0.500. The molecule has 2 aliphatic heterocycles. The molecule has 0 amide bonds.